The van der Waals surface area contributed by atoms with Crippen molar-refractivity contribution < 1.29 is 23.1 Å². The first-order valence-electron chi connectivity index (χ1n) is 5.60. The summed E-state index contributed by atoms with van der Waals surface area (Å²) in [6.45, 7) is -0.552. The maximum Gasteiger partial charge on any atom is 0.341 e. The van der Waals surface area contributed by atoms with Crippen molar-refractivity contribution in [1.82, 2.24) is 0 Å². The first kappa shape index (κ1) is 15.8. The summed E-state index contributed by atoms with van der Waals surface area (Å²) in [5.74, 6) is -0.992. The van der Waals surface area contributed by atoms with Gasteiger partial charge in [-0.1, -0.05) is 12.1 Å². The predicted molar refractivity (Wildman–Crippen MR) is 82.4 cm³/mol. The van der Waals surface area contributed by atoms with Gasteiger partial charge in [-0.15, -0.1) is 11.3 Å². The predicted octanol–water partition coefficient (Wildman–Crippen LogP) is 2.77. The van der Waals surface area contributed by atoms with E-state index in [1.54, 1.807) is 18.2 Å². The first-order valence-corrected chi connectivity index (χ1v) is 8.69. The minimum absolute atomic E-state index is 0.141. The number of thiophene rings is 1. The fraction of sp³-hybridized carbons (Fsp3) is 0.0833. The van der Waals surface area contributed by atoms with E-state index in [0.29, 0.717) is 3.79 Å². The van der Waals surface area contributed by atoms with Gasteiger partial charge >= 0.3 is 5.97 Å². The van der Waals surface area contributed by atoms with Crippen LogP contribution in [0.15, 0.2) is 44.4 Å². The van der Waals surface area contributed by atoms with Crippen LogP contribution in [0, 0.1) is 0 Å². The lowest BCUT2D eigenvalue weighted by Crippen LogP contribution is -2.14. The lowest BCUT2D eigenvalue weighted by molar-refractivity contribution is -0.139. The third-order valence-corrected chi connectivity index (χ3v) is 5.78. The van der Waals surface area contributed by atoms with E-state index >= 15 is 0 Å². The molecule has 0 aliphatic rings. The van der Waals surface area contributed by atoms with Gasteiger partial charge in [-0.05, 0) is 40.2 Å². The summed E-state index contributed by atoms with van der Waals surface area (Å²) in [5, 5.41) is 8.61. The van der Waals surface area contributed by atoms with Crippen LogP contribution in [0.5, 0.6) is 5.75 Å². The van der Waals surface area contributed by atoms with Crippen LogP contribution in [0.4, 0.5) is 5.69 Å². The molecule has 1 heterocycles. The van der Waals surface area contributed by atoms with Crippen molar-refractivity contribution in [2.24, 2.45) is 0 Å². The Morgan fingerprint density at radius 1 is 1.29 bits per heavy atom. The summed E-state index contributed by atoms with van der Waals surface area (Å²) in [7, 11) is -3.74. The number of nitrogens with one attached hydrogen (secondary N) is 1. The molecule has 2 rings (SSSR count). The second-order valence-electron chi connectivity index (χ2n) is 3.84. The number of carboxylic acids is 1. The molecule has 2 N–H and O–H groups in total. The van der Waals surface area contributed by atoms with Crippen molar-refractivity contribution in [3.8, 4) is 5.75 Å². The molecule has 0 saturated carbocycles. The number of hydrogen-bond donors (Lipinski definition) is 2. The highest BCUT2D eigenvalue weighted by Gasteiger charge is 2.18. The summed E-state index contributed by atoms with van der Waals surface area (Å²) < 4.78 is 32.7. The van der Waals surface area contributed by atoms with Gasteiger partial charge in [-0.25, -0.2) is 13.2 Å². The zero-order chi connectivity index (χ0) is 15.5. The molecule has 112 valence electrons. The molecule has 0 saturated heterocycles. The molecule has 0 fully saturated rings. The molecule has 0 aliphatic heterocycles. The van der Waals surface area contributed by atoms with Crippen molar-refractivity contribution >= 4 is 48.9 Å². The van der Waals surface area contributed by atoms with Gasteiger partial charge in [0.05, 0.1) is 9.47 Å². The maximum absolute atomic E-state index is 12.2. The van der Waals surface area contributed by atoms with Gasteiger partial charge in [0.15, 0.2) is 6.61 Å². The van der Waals surface area contributed by atoms with Gasteiger partial charge < -0.3 is 9.84 Å². The van der Waals surface area contributed by atoms with Crippen LogP contribution in [0.2, 0.25) is 0 Å². The molecule has 1 aromatic carbocycles. The van der Waals surface area contributed by atoms with E-state index in [1.165, 1.54) is 18.2 Å². The van der Waals surface area contributed by atoms with Gasteiger partial charge in [-0.2, -0.15) is 0 Å². The fourth-order valence-electron chi connectivity index (χ4n) is 1.45. The molecule has 1 aromatic heterocycles. The van der Waals surface area contributed by atoms with Crippen LogP contribution in [0.25, 0.3) is 0 Å². The zero-order valence-corrected chi connectivity index (χ0v) is 13.7. The number of benzene rings is 1. The van der Waals surface area contributed by atoms with Gasteiger partial charge in [0.1, 0.15) is 9.96 Å². The summed E-state index contributed by atoms with van der Waals surface area (Å²) in [4.78, 5) is 10.5. The van der Waals surface area contributed by atoms with Crippen LogP contribution in [0.3, 0.4) is 0 Å². The molecule has 6 nitrogen and oxygen atoms in total. The molecule has 21 heavy (non-hydrogen) atoms. The van der Waals surface area contributed by atoms with Crippen LogP contribution in [-0.2, 0) is 14.8 Å². The lowest BCUT2D eigenvalue weighted by Gasteiger charge is -2.11. The molecular weight excluding hydrogens is 382 g/mol. The number of aliphatic carboxylic acids is 1. The van der Waals surface area contributed by atoms with Crippen molar-refractivity contribution in [3.05, 3.63) is 40.2 Å². The smallest absolute Gasteiger partial charge is 0.341 e. The number of para-hydroxylation sites is 2. The van der Waals surface area contributed by atoms with Gasteiger partial charge in [0.25, 0.3) is 10.0 Å². The van der Waals surface area contributed by atoms with Crippen LogP contribution in [0.1, 0.15) is 0 Å². The number of carboxylic acid groups (broad SMARTS) is 1. The Balaban J connectivity index is 2.25. The quantitative estimate of drug-likeness (QED) is 0.789. The molecule has 0 unspecified atom stereocenters. The Morgan fingerprint density at radius 2 is 2.00 bits per heavy atom. The minimum atomic E-state index is -3.74. The molecule has 0 bridgehead atoms. The Labute approximate surface area is 133 Å². The van der Waals surface area contributed by atoms with E-state index in [9.17, 15) is 13.2 Å². The third kappa shape index (κ3) is 4.19. The molecule has 9 heteroatoms. The number of anilines is 1. The normalized spacial score (nSPS) is 11.1. The van der Waals surface area contributed by atoms with E-state index in [0.717, 1.165) is 11.3 Å². The van der Waals surface area contributed by atoms with Gasteiger partial charge in [0, 0.05) is 0 Å². The van der Waals surface area contributed by atoms with E-state index in [1.807, 2.05) is 0 Å². The topological polar surface area (TPSA) is 92.7 Å². The molecule has 2 aromatic rings. The van der Waals surface area contributed by atoms with Crippen molar-refractivity contribution in [1.29, 1.82) is 0 Å². The van der Waals surface area contributed by atoms with Crippen molar-refractivity contribution in [3.63, 3.8) is 0 Å². The van der Waals surface area contributed by atoms with E-state index < -0.39 is 22.6 Å². The molecule has 0 aliphatic carbocycles. The average Bonchev–Trinajstić information content (AvgIpc) is 2.85. The Morgan fingerprint density at radius 3 is 2.62 bits per heavy atom. The molecule has 0 amide bonds. The van der Waals surface area contributed by atoms with Crippen molar-refractivity contribution in [2.75, 3.05) is 11.3 Å². The fourth-order valence-corrected chi connectivity index (χ4v) is 4.53. The zero-order valence-electron chi connectivity index (χ0n) is 10.4. The standard InChI is InChI=1S/C12H10BrNO5S2/c13-10-5-6-12(20-10)21(17,18)14-8-3-1-2-4-9(8)19-7-11(15)16/h1-6,14H,7H2,(H,15,16). The molecule has 0 radical (unpaired) electrons. The molecule has 0 atom stereocenters. The van der Waals surface area contributed by atoms with Crippen molar-refractivity contribution in [2.45, 2.75) is 4.21 Å². The van der Waals surface area contributed by atoms with E-state index in [-0.39, 0.29) is 15.6 Å². The second kappa shape index (κ2) is 6.46. The highest BCUT2D eigenvalue weighted by Crippen LogP contribution is 2.30. The van der Waals surface area contributed by atoms with Crippen LogP contribution >= 0.6 is 27.3 Å². The molecule has 0 spiro atoms. The summed E-state index contributed by atoms with van der Waals surface area (Å²) in [6.07, 6.45) is 0. The highest BCUT2D eigenvalue weighted by atomic mass is 79.9. The summed E-state index contributed by atoms with van der Waals surface area (Å²) in [6, 6.07) is 9.33. The Bertz CT molecular complexity index is 757. The number of halogens is 1. The van der Waals surface area contributed by atoms with E-state index in [2.05, 4.69) is 20.7 Å². The SMILES string of the molecule is O=C(O)COc1ccccc1NS(=O)(=O)c1ccc(Br)s1. The number of ether oxygens (including phenoxy) is 1. The Hall–Kier alpha value is -1.58. The van der Waals surface area contributed by atoms with Crippen LogP contribution in [-0.4, -0.2) is 26.1 Å². The summed E-state index contributed by atoms with van der Waals surface area (Å²) >= 11 is 4.27. The minimum Gasteiger partial charge on any atom is -0.480 e. The number of sulfonamides is 1. The van der Waals surface area contributed by atoms with Gasteiger partial charge in [-0.3, -0.25) is 4.72 Å². The van der Waals surface area contributed by atoms with Gasteiger partial charge in [0.2, 0.25) is 0 Å². The summed E-state index contributed by atoms with van der Waals surface area (Å²) in [5.41, 5.74) is 0.184. The highest BCUT2D eigenvalue weighted by molar-refractivity contribution is 9.11. The third-order valence-electron chi connectivity index (χ3n) is 2.30. The number of carbonyl (C=O) groups is 1. The lowest BCUT2D eigenvalue weighted by atomic mass is 10.3. The van der Waals surface area contributed by atoms with E-state index in [4.69, 9.17) is 9.84 Å². The molecular formula is C12H10BrNO5S2. The monoisotopic (exact) mass is 391 g/mol. The Kier molecular flexibility index (Phi) is 4.86. The largest absolute Gasteiger partial charge is 0.480 e. The number of rotatable bonds is 6. The number of hydrogen-bond acceptors (Lipinski definition) is 5. The first-order chi connectivity index (χ1) is 9.88. The maximum atomic E-state index is 12.2. The average molecular weight is 392 g/mol. The van der Waals surface area contributed by atoms with Crippen LogP contribution < -0.4 is 9.46 Å². The second-order valence-corrected chi connectivity index (χ2v) is 8.21.